The number of hydrogen-bond donors (Lipinski definition) is 3. The molecule has 198 valence electrons. The van der Waals surface area contributed by atoms with Crippen LogP contribution in [0.4, 0.5) is 11.4 Å². The van der Waals surface area contributed by atoms with Crippen LogP contribution in [0, 0.1) is 10.8 Å². The third kappa shape index (κ3) is 8.66. The molecule has 0 heterocycles. The molecule has 0 radical (unpaired) electrons. The Morgan fingerprint density at radius 2 is 1.58 bits per heavy atom. The molecule has 0 unspecified atom stereocenters. The van der Waals surface area contributed by atoms with Crippen molar-refractivity contribution in [3.63, 3.8) is 0 Å². The summed E-state index contributed by atoms with van der Waals surface area (Å²) in [6, 6.07) is 11.8. The molecule has 7 nitrogen and oxygen atoms in total. The number of benzene rings is 2. The van der Waals surface area contributed by atoms with E-state index in [0.29, 0.717) is 11.3 Å². The summed E-state index contributed by atoms with van der Waals surface area (Å²) in [4.78, 5) is 25.5. The van der Waals surface area contributed by atoms with Crippen LogP contribution in [0.2, 0.25) is 0 Å². The standard InChI is InChI=1S/C28H41N3O4S/c1-8-9-18-29-23-19-20(16-17-27(2,3)4)14-15-21(23)25(32)30-22-12-10-11-13-24(22)36(34,35)31-26(33)28(5,6)7/h10-15,19,29H,8-9,16-18H2,1-7H3,(H,30,32)(H,31,33). The van der Waals surface area contributed by atoms with Gasteiger partial charge in [0.15, 0.2) is 0 Å². The van der Waals surface area contributed by atoms with Gasteiger partial charge in [0.25, 0.3) is 15.9 Å². The zero-order chi connectivity index (χ0) is 27.1. The number of sulfonamides is 1. The zero-order valence-corrected chi connectivity index (χ0v) is 23.4. The van der Waals surface area contributed by atoms with Crippen molar-refractivity contribution in [2.75, 3.05) is 17.2 Å². The van der Waals surface area contributed by atoms with Crippen LogP contribution in [-0.2, 0) is 21.2 Å². The molecule has 8 heteroatoms. The Hall–Kier alpha value is -2.87. The van der Waals surface area contributed by atoms with Crippen LogP contribution in [0.25, 0.3) is 0 Å². The maximum absolute atomic E-state index is 13.3. The Balaban J connectivity index is 2.35. The quantitative estimate of drug-likeness (QED) is 0.338. The van der Waals surface area contributed by atoms with Gasteiger partial charge in [-0.15, -0.1) is 0 Å². The van der Waals surface area contributed by atoms with Crippen LogP contribution >= 0.6 is 0 Å². The second-order valence-electron chi connectivity index (χ2n) is 11.4. The number of unbranched alkanes of at least 4 members (excludes halogenated alkanes) is 1. The Bertz CT molecular complexity index is 1180. The highest BCUT2D eigenvalue weighted by Crippen LogP contribution is 2.27. The lowest BCUT2D eigenvalue weighted by molar-refractivity contribution is -0.126. The van der Waals surface area contributed by atoms with Crippen molar-refractivity contribution in [2.24, 2.45) is 10.8 Å². The van der Waals surface area contributed by atoms with Crippen LogP contribution in [-0.4, -0.2) is 26.8 Å². The van der Waals surface area contributed by atoms with Crippen LogP contribution in [0.5, 0.6) is 0 Å². The predicted molar refractivity (Wildman–Crippen MR) is 147 cm³/mol. The van der Waals surface area contributed by atoms with Gasteiger partial charge in [0, 0.05) is 17.6 Å². The van der Waals surface area contributed by atoms with Gasteiger partial charge >= 0.3 is 0 Å². The summed E-state index contributed by atoms with van der Waals surface area (Å²) in [7, 11) is -4.19. The molecule has 0 atom stereocenters. The Labute approximate surface area is 216 Å². The smallest absolute Gasteiger partial charge is 0.266 e. The van der Waals surface area contributed by atoms with E-state index < -0.39 is 27.3 Å². The maximum Gasteiger partial charge on any atom is 0.266 e. The highest BCUT2D eigenvalue weighted by atomic mass is 32.2. The van der Waals surface area contributed by atoms with Crippen molar-refractivity contribution < 1.29 is 18.0 Å². The first-order valence-electron chi connectivity index (χ1n) is 12.5. The molecule has 0 saturated carbocycles. The number of amides is 2. The number of hydrogen-bond acceptors (Lipinski definition) is 5. The van der Waals surface area contributed by atoms with Crippen LogP contribution in [0.15, 0.2) is 47.4 Å². The van der Waals surface area contributed by atoms with Gasteiger partial charge in [-0.2, -0.15) is 0 Å². The lowest BCUT2D eigenvalue weighted by Gasteiger charge is -2.20. The monoisotopic (exact) mass is 515 g/mol. The maximum atomic E-state index is 13.3. The van der Waals surface area contributed by atoms with E-state index in [1.54, 1.807) is 39.0 Å². The summed E-state index contributed by atoms with van der Waals surface area (Å²) in [6.45, 7) is 14.3. The highest BCUT2D eigenvalue weighted by Gasteiger charge is 2.29. The highest BCUT2D eigenvalue weighted by molar-refractivity contribution is 7.90. The molecular formula is C28H41N3O4S. The molecule has 0 fully saturated rings. The van der Waals surface area contributed by atoms with E-state index in [4.69, 9.17) is 0 Å². The second-order valence-corrected chi connectivity index (χ2v) is 13.0. The van der Waals surface area contributed by atoms with Crippen molar-refractivity contribution in [3.05, 3.63) is 53.6 Å². The van der Waals surface area contributed by atoms with Crippen LogP contribution in [0.3, 0.4) is 0 Å². The van der Waals surface area contributed by atoms with E-state index in [9.17, 15) is 18.0 Å². The van der Waals surface area contributed by atoms with E-state index >= 15 is 0 Å². The van der Waals surface area contributed by atoms with Crippen molar-refractivity contribution in [3.8, 4) is 0 Å². The molecule has 2 aromatic rings. The summed E-state index contributed by atoms with van der Waals surface area (Å²) < 4.78 is 28.1. The van der Waals surface area contributed by atoms with Crippen LogP contribution in [0.1, 0.15) is 83.7 Å². The van der Waals surface area contributed by atoms with E-state index in [1.807, 2.05) is 12.1 Å². The molecule has 0 aromatic heterocycles. The number of aryl methyl sites for hydroxylation is 1. The van der Waals surface area contributed by atoms with Gasteiger partial charge in [-0.25, -0.2) is 13.1 Å². The molecule has 36 heavy (non-hydrogen) atoms. The number of nitrogens with one attached hydrogen (secondary N) is 3. The minimum Gasteiger partial charge on any atom is -0.384 e. The summed E-state index contributed by atoms with van der Waals surface area (Å²) in [5, 5.41) is 6.11. The summed E-state index contributed by atoms with van der Waals surface area (Å²) in [5.41, 5.74) is 1.69. The molecule has 0 aliphatic heterocycles. The minimum absolute atomic E-state index is 0.105. The molecule has 0 aliphatic rings. The number of carbonyl (C=O) groups is 2. The Kier molecular flexibility index (Phi) is 9.71. The number of carbonyl (C=O) groups excluding carboxylic acids is 2. The van der Waals surface area contributed by atoms with Gasteiger partial charge in [-0.3, -0.25) is 9.59 Å². The van der Waals surface area contributed by atoms with Crippen molar-refractivity contribution >= 4 is 33.2 Å². The molecule has 0 saturated heterocycles. The summed E-state index contributed by atoms with van der Waals surface area (Å²) in [5.74, 6) is -1.06. The molecule has 2 amide bonds. The molecular weight excluding hydrogens is 474 g/mol. The average Bonchev–Trinajstić information content (AvgIpc) is 2.77. The summed E-state index contributed by atoms with van der Waals surface area (Å²) >= 11 is 0. The van der Waals surface area contributed by atoms with Gasteiger partial charge < -0.3 is 10.6 Å². The number of rotatable bonds is 10. The first kappa shape index (κ1) is 29.4. The largest absolute Gasteiger partial charge is 0.384 e. The predicted octanol–water partition coefficient (Wildman–Crippen LogP) is 5.98. The summed E-state index contributed by atoms with van der Waals surface area (Å²) in [6.07, 6.45) is 3.88. The normalized spacial score (nSPS) is 12.2. The zero-order valence-electron chi connectivity index (χ0n) is 22.6. The van der Waals surface area contributed by atoms with E-state index in [-0.39, 0.29) is 16.0 Å². The second kappa shape index (κ2) is 11.9. The van der Waals surface area contributed by atoms with Gasteiger partial charge in [0.2, 0.25) is 5.91 Å². The fourth-order valence-electron chi connectivity index (χ4n) is 3.33. The third-order valence-corrected chi connectivity index (χ3v) is 7.06. The topological polar surface area (TPSA) is 104 Å². The fraction of sp³-hybridized carbons (Fsp3) is 0.500. The van der Waals surface area contributed by atoms with Gasteiger partial charge in [0.1, 0.15) is 4.90 Å². The Morgan fingerprint density at radius 3 is 2.19 bits per heavy atom. The Morgan fingerprint density at radius 1 is 0.917 bits per heavy atom. The average molecular weight is 516 g/mol. The third-order valence-electron chi connectivity index (χ3n) is 5.67. The van der Waals surface area contributed by atoms with Gasteiger partial charge in [-0.05, 0) is 54.5 Å². The van der Waals surface area contributed by atoms with Gasteiger partial charge in [-0.1, -0.05) is 73.1 Å². The van der Waals surface area contributed by atoms with E-state index in [1.165, 1.54) is 12.1 Å². The first-order valence-corrected chi connectivity index (χ1v) is 14.0. The molecule has 0 aliphatic carbocycles. The number of para-hydroxylation sites is 1. The van der Waals surface area contributed by atoms with Gasteiger partial charge in [0.05, 0.1) is 11.3 Å². The van der Waals surface area contributed by atoms with E-state index in [0.717, 1.165) is 37.8 Å². The lowest BCUT2D eigenvalue weighted by Crippen LogP contribution is -2.39. The van der Waals surface area contributed by atoms with Crippen molar-refractivity contribution in [1.82, 2.24) is 4.72 Å². The molecule has 3 N–H and O–H groups in total. The SMILES string of the molecule is CCCCNc1cc(CCC(C)(C)C)ccc1C(=O)Nc1ccccc1S(=O)(=O)NC(=O)C(C)(C)C. The van der Waals surface area contributed by atoms with Crippen molar-refractivity contribution in [1.29, 1.82) is 0 Å². The molecule has 0 spiro atoms. The number of anilines is 2. The van der Waals surface area contributed by atoms with Crippen LogP contribution < -0.4 is 15.4 Å². The lowest BCUT2D eigenvalue weighted by atomic mass is 9.88. The molecule has 2 rings (SSSR count). The van der Waals surface area contributed by atoms with E-state index in [2.05, 4.69) is 43.1 Å². The first-order chi connectivity index (χ1) is 16.6. The minimum atomic E-state index is -4.19. The molecule has 2 aromatic carbocycles. The molecule has 0 bridgehead atoms. The fourth-order valence-corrected chi connectivity index (χ4v) is 4.66. The van der Waals surface area contributed by atoms with Crippen molar-refractivity contribution in [2.45, 2.75) is 79.0 Å².